The third kappa shape index (κ3) is 28.9. The van der Waals surface area contributed by atoms with E-state index in [1.165, 1.54) is 21.3 Å². The van der Waals surface area contributed by atoms with Gasteiger partial charge in [-0.25, -0.2) is 28.8 Å². The maximum Gasteiger partial charge on any atom is 0.408 e. The van der Waals surface area contributed by atoms with Gasteiger partial charge >= 0.3 is 42.2 Å². The molecule has 0 fully saturated rings. The Balaban J connectivity index is 0.000000920. The summed E-state index contributed by atoms with van der Waals surface area (Å²) in [5.41, 5.74) is -0.0904. The molecule has 3 N–H and O–H groups in total. The lowest BCUT2D eigenvalue weighted by molar-refractivity contribution is -0.147. The van der Waals surface area contributed by atoms with Gasteiger partial charge in [-0.3, -0.25) is 4.79 Å². The van der Waals surface area contributed by atoms with E-state index in [4.69, 9.17) is 23.7 Å². The van der Waals surface area contributed by atoms with Crippen LogP contribution < -0.4 is 16.0 Å². The smallest absolute Gasteiger partial charge is 0.408 e. The number of esters is 4. The highest BCUT2D eigenvalue weighted by molar-refractivity contribution is 7.98. The maximum atomic E-state index is 11.8. The summed E-state index contributed by atoms with van der Waals surface area (Å²) in [6.07, 6.45) is 0.835. The summed E-state index contributed by atoms with van der Waals surface area (Å²) in [5, 5.41) is 7.46. The molecule has 0 aromatic heterocycles. The van der Waals surface area contributed by atoms with Crippen LogP contribution >= 0.6 is 11.8 Å². The lowest BCUT2D eigenvalue weighted by Crippen LogP contribution is -2.45. The summed E-state index contributed by atoms with van der Waals surface area (Å²) in [6.45, 7) is 15.9. The van der Waals surface area contributed by atoms with Crippen LogP contribution in [0.25, 0.3) is 0 Å². The van der Waals surface area contributed by atoms with Crippen LogP contribution in [0.3, 0.4) is 0 Å². The van der Waals surface area contributed by atoms with Crippen molar-refractivity contribution in [3.05, 3.63) is 71.8 Å². The third-order valence-electron chi connectivity index (χ3n) is 7.30. The second kappa shape index (κ2) is 28.9. The fraction of sp³-hybridized carbons (Fsp3) is 0.568. The minimum atomic E-state index is -0.982. The van der Waals surface area contributed by atoms with Crippen molar-refractivity contribution in [2.24, 2.45) is 0 Å². The first-order valence-corrected chi connectivity index (χ1v) is 21.2. The van der Waals surface area contributed by atoms with Crippen LogP contribution in [-0.2, 0) is 65.4 Å². The number of alkyl carbamates (subject to hydrolysis) is 3. The number of carbonyl (C=O) groups is 7. The summed E-state index contributed by atoms with van der Waals surface area (Å²) in [7, 11) is 3.79. The highest BCUT2D eigenvalue weighted by Crippen LogP contribution is 2.12. The predicted octanol–water partition coefficient (Wildman–Crippen LogP) is 6.68. The molecular formula is C44H67N3O14S. The first kappa shape index (κ1) is 56.5. The van der Waals surface area contributed by atoms with E-state index in [9.17, 15) is 33.6 Å². The first-order chi connectivity index (χ1) is 28.8. The SMILES string of the molecule is COC(=O)C(CCC(=O)OCc1ccccc1)NC(=O)OC(C)(C)C.COC(=O)C(CCSC)NC(=O)OC(C)(C)C.COC(=O)C(Cc1ccccc1)NC(=O)OC(C)(C)C. The van der Waals surface area contributed by atoms with Gasteiger partial charge in [0, 0.05) is 12.8 Å². The summed E-state index contributed by atoms with van der Waals surface area (Å²) in [4.78, 5) is 81.8. The molecule has 0 bridgehead atoms. The molecule has 348 valence electrons. The van der Waals surface area contributed by atoms with E-state index in [-0.39, 0.29) is 19.4 Å². The van der Waals surface area contributed by atoms with Crippen LogP contribution in [-0.4, -0.2) is 110 Å². The lowest BCUT2D eigenvalue weighted by atomic mass is 10.1. The van der Waals surface area contributed by atoms with Crippen LogP contribution in [0.15, 0.2) is 60.7 Å². The van der Waals surface area contributed by atoms with Crippen molar-refractivity contribution in [2.75, 3.05) is 33.3 Å². The largest absolute Gasteiger partial charge is 0.467 e. The molecule has 17 nitrogen and oxygen atoms in total. The second-order valence-electron chi connectivity index (χ2n) is 16.3. The molecule has 2 rings (SSSR count). The molecular weight excluding hydrogens is 827 g/mol. The molecule has 0 spiro atoms. The monoisotopic (exact) mass is 893 g/mol. The van der Waals surface area contributed by atoms with Crippen molar-refractivity contribution in [2.45, 2.75) is 130 Å². The summed E-state index contributed by atoms with van der Waals surface area (Å²) in [5.74, 6) is -1.31. The Morgan fingerprint density at radius 1 is 0.532 bits per heavy atom. The molecule has 0 aliphatic rings. The number of rotatable bonds is 16. The van der Waals surface area contributed by atoms with E-state index in [0.717, 1.165) is 16.9 Å². The van der Waals surface area contributed by atoms with Crippen LogP contribution in [0.2, 0.25) is 0 Å². The van der Waals surface area contributed by atoms with Crippen LogP contribution in [0.1, 0.15) is 92.7 Å². The van der Waals surface area contributed by atoms with Crippen molar-refractivity contribution in [3.63, 3.8) is 0 Å². The standard InChI is InChI=1S/C18H25NO6.C15H21NO4.C11H21NO4S/c1-18(2,3)25-17(22)19-14(16(21)23-4)10-11-15(20)24-12-13-8-6-5-7-9-13;1-15(2,3)20-14(18)16-12(13(17)19-4)10-11-8-6-5-7-9-11;1-11(2,3)16-10(14)12-8(6-7-17-5)9(13)15-4/h5-9,14H,10-12H2,1-4H3,(H,19,22);5-9,12H,10H2,1-4H3,(H,16,18);8H,6-7H2,1-5H3,(H,12,14). The predicted molar refractivity (Wildman–Crippen MR) is 234 cm³/mol. The molecule has 2 aromatic carbocycles. The number of ether oxygens (including phenoxy) is 7. The molecule has 3 amide bonds. The number of hydrogen-bond acceptors (Lipinski definition) is 15. The average Bonchev–Trinajstić information content (AvgIpc) is 3.18. The average molecular weight is 894 g/mol. The number of thioether (sulfide) groups is 1. The van der Waals surface area contributed by atoms with Gasteiger partial charge in [-0.05, 0) is 98.3 Å². The molecule has 18 heteroatoms. The summed E-state index contributed by atoms with van der Waals surface area (Å²) in [6, 6.07) is 16.2. The zero-order valence-corrected chi connectivity index (χ0v) is 39.2. The van der Waals surface area contributed by atoms with Gasteiger partial charge in [-0.15, -0.1) is 0 Å². The van der Waals surface area contributed by atoms with E-state index in [1.54, 1.807) is 74.1 Å². The van der Waals surface area contributed by atoms with Crippen LogP contribution in [0, 0.1) is 0 Å². The fourth-order valence-corrected chi connectivity index (χ4v) is 5.10. The Kier molecular flexibility index (Phi) is 26.3. The van der Waals surface area contributed by atoms with Gasteiger partial charge in [-0.2, -0.15) is 11.8 Å². The van der Waals surface area contributed by atoms with Crippen molar-refractivity contribution < 1.29 is 66.7 Å². The van der Waals surface area contributed by atoms with Crippen molar-refractivity contribution >= 4 is 53.9 Å². The van der Waals surface area contributed by atoms with Crippen molar-refractivity contribution in [1.82, 2.24) is 16.0 Å². The normalized spacial score (nSPS) is 12.3. The molecule has 0 radical (unpaired) electrons. The van der Waals surface area contributed by atoms with Crippen LogP contribution in [0.4, 0.5) is 14.4 Å². The number of nitrogens with one attached hydrogen (secondary N) is 3. The third-order valence-corrected chi connectivity index (χ3v) is 7.95. The number of amides is 3. The quantitative estimate of drug-likeness (QED) is 0.118. The van der Waals surface area contributed by atoms with Gasteiger partial charge in [-0.1, -0.05) is 60.7 Å². The van der Waals surface area contributed by atoms with E-state index in [0.29, 0.717) is 12.8 Å². The number of methoxy groups -OCH3 is 3. The molecule has 0 heterocycles. The topological polar surface area (TPSA) is 220 Å². The van der Waals surface area contributed by atoms with Gasteiger partial charge in [0.2, 0.25) is 0 Å². The van der Waals surface area contributed by atoms with Gasteiger partial charge < -0.3 is 49.1 Å². The van der Waals surface area contributed by atoms with Gasteiger partial charge in [0.05, 0.1) is 21.3 Å². The fourth-order valence-electron chi connectivity index (χ4n) is 4.63. The Morgan fingerprint density at radius 3 is 1.26 bits per heavy atom. The van der Waals surface area contributed by atoms with Crippen molar-refractivity contribution in [1.29, 1.82) is 0 Å². The Morgan fingerprint density at radius 2 is 0.887 bits per heavy atom. The Hall–Kier alpha value is -5.52. The van der Waals surface area contributed by atoms with Crippen molar-refractivity contribution in [3.8, 4) is 0 Å². The lowest BCUT2D eigenvalue weighted by Gasteiger charge is -2.22. The molecule has 0 saturated heterocycles. The Labute approximate surface area is 370 Å². The van der Waals surface area contributed by atoms with Gasteiger partial charge in [0.25, 0.3) is 0 Å². The van der Waals surface area contributed by atoms with E-state index >= 15 is 0 Å². The molecule has 2 aromatic rings. The second-order valence-corrected chi connectivity index (χ2v) is 17.3. The Bertz CT molecular complexity index is 1670. The minimum absolute atomic E-state index is 0.0393. The van der Waals surface area contributed by atoms with Gasteiger partial charge in [0.1, 0.15) is 41.5 Å². The number of hydrogen-bond donors (Lipinski definition) is 3. The summed E-state index contributed by atoms with van der Waals surface area (Å²) < 4.78 is 34.4. The number of benzene rings is 2. The molecule has 3 unspecified atom stereocenters. The highest BCUT2D eigenvalue weighted by atomic mass is 32.2. The van der Waals surface area contributed by atoms with Gasteiger partial charge in [0.15, 0.2) is 0 Å². The van der Waals surface area contributed by atoms with E-state index in [1.807, 2.05) is 66.9 Å². The molecule has 0 saturated carbocycles. The first-order valence-electron chi connectivity index (χ1n) is 19.8. The van der Waals surface area contributed by atoms with Crippen LogP contribution in [0.5, 0.6) is 0 Å². The molecule has 62 heavy (non-hydrogen) atoms. The minimum Gasteiger partial charge on any atom is -0.467 e. The zero-order chi connectivity index (χ0) is 47.5. The molecule has 0 aliphatic heterocycles. The maximum absolute atomic E-state index is 11.8. The van der Waals surface area contributed by atoms with E-state index < -0.39 is 77.1 Å². The van der Waals surface area contributed by atoms with E-state index in [2.05, 4.69) is 25.4 Å². The zero-order valence-electron chi connectivity index (χ0n) is 38.4. The summed E-state index contributed by atoms with van der Waals surface area (Å²) >= 11 is 1.60. The highest BCUT2D eigenvalue weighted by Gasteiger charge is 2.28. The molecule has 0 aliphatic carbocycles. The number of carbonyl (C=O) groups excluding carboxylic acids is 7. The molecule has 3 atom stereocenters.